The van der Waals surface area contributed by atoms with Crippen molar-refractivity contribution in [3.63, 3.8) is 0 Å². The van der Waals surface area contributed by atoms with Crippen molar-refractivity contribution in [2.75, 3.05) is 6.86 Å². The third kappa shape index (κ3) is 4.22. The lowest BCUT2D eigenvalue weighted by molar-refractivity contribution is 0.184. The summed E-state index contributed by atoms with van der Waals surface area (Å²) < 4.78 is 45.3. The van der Waals surface area contributed by atoms with Crippen molar-refractivity contribution in [1.82, 2.24) is 0 Å². The standard InChI is InChI=1S/C22H25F3O/c1-2-3-15-4-6-16(7-5-15)17-8-10-19(20(24)12-17)18-9-11-22(26-14-23)21(25)13-18/h8-13,15-16H,2-7,14H2,1H3. The maximum atomic E-state index is 14.7. The van der Waals surface area contributed by atoms with E-state index in [1.54, 1.807) is 18.2 Å². The Kier molecular flexibility index (Phi) is 6.23. The minimum absolute atomic E-state index is 0.169. The molecule has 0 heterocycles. The van der Waals surface area contributed by atoms with E-state index in [0.717, 1.165) is 24.3 Å². The first-order chi connectivity index (χ1) is 12.6. The monoisotopic (exact) mass is 362 g/mol. The van der Waals surface area contributed by atoms with Gasteiger partial charge in [0, 0.05) is 5.56 Å². The maximum Gasteiger partial charge on any atom is 0.228 e. The third-order valence-corrected chi connectivity index (χ3v) is 5.46. The van der Waals surface area contributed by atoms with Gasteiger partial charge in [-0.1, -0.05) is 38.0 Å². The smallest absolute Gasteiger partial charge is 0.228 e. The predicted octanol–water partition coefficient (Wildman–Crippen LogP) is 7.01. The molecule has 140 valence electrons. The van der Waals surface area contributed by atoms with Crippen molar-refractivity contribution < 1.29 is 17.9 Å². The van der Waals surface area contributed by atoms with Gasteiger partial charge in [-0.2, -0.15) is 0 Å². The molecule has 1 fully saturated rings. The third-order valence-electron chi connectivity index (χ3n) is 5.46. The van der Waals surface area contributed by atoms with Crippen molar-refractivity contribution in [1.29, 1.82) is 0 Å². The Hall–Kier alpha value is -1.97. The van der Waals surface area contributed by atoms with Crippen LogP contribution in [0, 0.1) is 17.6 Å². The summed E-state index contributed by atoms with van der Waals surface area (Å²) in [6.45, 7) is 1.12. The number of alkyl halides is 1. The number of hydrogen-bond acceptors (Lipinski definition) is 1. The quantitative estimate of drug-likeness (QED) is 0.537. The van der Waals surface area contributed by atoms with Crippen molar-refractivity contribution in [3.05, 3.63) is 53.6 Å². The lowest BCUT2D eigenvalue weighted by Crippen LogP contribution is -2.13. The van der Waals surface area contributed by atoms with Crippen molar-refractivity contribution in [3.8, 4) is 16.9 Å². The largest absolute Gasteiger partial charge is 0.460 e. The highest BCUT2D eigenvalue weighted by Crippen LogP contribution is 2.38. The molecule has 3 rings (SSSR count). The fraction of sp³-hybridized carbons (Fsp3) is 0.455. The summed E-state index contributed by atoms with van der Waals surface area (Å²) >= 11 is 0. The second kappa shape index (κ2) is 8.61. The number of halogens is 3. The average molecular weight is 362 g/mol. The highest BCUT2D eigenvalue weighted by atomic mass is 19.1. The van der Waals surface area contributed by atoms with Crippen molar-refractivity contribution >= 4 is 0 Å². The van der Waals surface area contributed by atoms with Crippen LogP contribution in [0.25, 0.3) is 11.1 Å². The van der Waals surface area contributed by atoms with E-state index in [1.807, 2.05) is 6.07 Å². The van der Waals surface area contributed by atoms with Crippen LogP contribution in [-0.2, 0) is 0 Å². The summed E-state index contributed by atoms with van der Waals surface area (Å²) in [6.07, 6.45) is 7.14. The van der Waals surface area contributed by atoms with Gasteiger partial charge in [0.25, 0.3) is 0 Å². The van der Waals surface area contributed by atoms with Crippen LogP contribution in [0.2, 0.25) is 0 Å². The Morgan fingerprint density at radius 1 is 0.962 bits per heavy atom. The van der Waals surface area contributed by atoms with Gasteiger partial charge in [0.2, 0.25) is 6.86 Å². The molecule has 0 N–H and O–H groups in total. The summed E-state index contributed by atoms with van der Waals surface area (Å²) in [6, 6.07) is 9.30. The summed E-state index contributed by atoms with van der Waals surface area (Å²) in [7, 11) is 0. The van der Waals surface area contributed by atoms with Crippen LogP contribution in [0.1, 0.15) is 56.9 Å². The summed E-state index contributed by atoms with van der Waals surface area (Å²) in [5.41, 5.74) is 1.79. The molecule has 0 atom stereocenters. The molecule has 1 saturated carbocycles. The number of benzene rings is 2. The molecule has 0 saturated heterocycles. The van der Waals surface area contributed by atoms with Crippen LogP contribution in [0.5, 0.6) is 5.75 Å². The molecule has 0 unspecified atom stereocenters. The molecule has 4 heteroatoms. The molecule has 2 aromatic rings. The molecule has 2 aromatic carbocycles. The Balaban J connectivity index is 1.75. The maximum absolute atomic E-state index is 14.7. The van der Waals surface area contributed by atoms with Crippen LogP contribution in [-0.4, -0.2) is 6.86 Å². The Morgan fingerprint density at radius 2 is 1.73 bits per heavy atom. The van der Waals surface area contributed by atoms with Gasteiger partial charge in [0.05, 0.1) is 0 Å². The fourth-order valence-corrected chi connectivity index (χ4v) is 4.06. The molecule has 26 heavy (non-hydrogen) atoms. The van der Waals surface area contributed by atoms with Crippen LogP contribution in [0.4, 0.5) is 13.2 Å². The Labute approximate surface area is 153 Å². The fourth-order valence-electron chi connectivity index (χ4n) is 4.06. The molecule has 1 aliphatic rings. The molecule has 0 aromatic heterocycles. The van der Waals surface area contributed by atoms with E-state index in [4.69, 9.17) is 0 Å². The second-order valence-corrected chi connectivity index (χ2v) is 7.14. The molecule has 0 spiro atoms. The zero-order valence-corrected chi connectivity index (χ0v) is 15.1. The van der Waals surface area contributed by atoms with E-state index in [1.165, 1.54) is 37.8 Å². The molecular formula is C22H25F3O. The zero-order valence-electron chi connectivity index (χ0n) is 15.1. The van der Waals surface area contributed by atoms with Gasteiger partial charge in [-0.25, -0.2) is 13.2 Å². The summed E-state index contributed by atoms with van der Waals surface area (Å²) in [5.74, 6) is 0.00357. The van der Waals surface area contributed by atoms with E-state index in [2.05, 4.69) is 11.7 Å². The lowest BCUT2D eigenvalue weighted by atomic mass is 9.77. The zero-order chi connectivity index (χ0) is 18.5. The lowest BCUT2D eigenvalue weighted by Gasteiger charge is -2.28. The van der Waals surface area contributed by atoms with E-state index in [0.29, 0.717) is 17.0 Å². The molecule has 0 amide bonds. The molecule has 0 bridgehead atoms. The number of ether oxygens (including phenoxy) is 1. The van der Waals surface area contributed by atoms with E-state index in [-0.39, 0.29) is 11.6 Å². The molecular weight excluding hydrogens is 337 g/mol. The highest BCUT2D eigenvalue weighted by Gasteiger charge is 2.22. The molecule has 0 radical (unpaired) electrons. The van der Waals surface area contributed by atoms with Crippen LogP contribution in [0.15, 0.2) is 36.4 Å². The van der Waals surface area contributed by atoms with E-state index >= 15 is 0 Å². The first kappa shape index (κ1) is 18.8. The second-order valence-electron chi connectivity index (χ2n) is 7.14. The van der Waals surface area contributed by atoms with E-state index in [9.17, 15) is 13.2 Å². The van der Waals surface area contributed by atoms with Crippen LogP contribution in [0.3, 0.4) is 0 Å². The Morgan fingerprint density at radius 3 is 2.35 bits per heavy atom. The van der Waals surface area contributed by atoms with Gasteiger partial charge >= 0.3 is 0 Å². The van der Waals surface area contributed by atoms with Gasteiger partial charge in [0.15, 0.2) is 11.6 Å². The topological polar surface area (TPSA) is 9.23 Å². The SMILES string of the molecule is CCCC1CCC(c2ccc(-c3ccc(OCF)c(F)c3)c(F)c2)CC1. The minimum Gasteiger partial charge on any atom is -0.460 e. The van der Waals surface area contributed by atoms with Crippen molar-refractivity contribution in [2.45, 2.75) is 51.4 Å². The van der Waals surface area contributed by atoms with Crippen LogP contribution < -0.4 is 4.74 Å². The normalized spacial score (nSPS) is 20.2. The summed E-state index contributed by atoms with van der Waals surface area (Å²) in [4.78, 5) is 0. The van der Waals surface area contributed by atoms with Gasteiger partial charge in [-0.3, -0.25) is 0 Å². The van der Waals surface area contributed by atoms with Gasteiger partial charge < -0.3 is 4.74 Å². The first-order valence-electron chi connectivity index (χ1n) is 9.40. The van der Waals surface area contributed by atoms with E-state index < -0.39 is 12.7 Å². The number of hydrogen-bond donors (Lipinski definition) is 0. The van der Waals surface area contributed by atoms with Crippen molar-refractivity contribution in [2.24, 2.45) is 5.92 Å². The van der Waals surface area contributed by atoms with Crippen LogP contribution >= 0.6 is 0 Å². The molecule has 1 nitrogen and oxygen atoms in total. The highest BCUT2D eigenvalue weighted by molar-refractivity contribution is 5.65. The first-order valence-corrected chi connectivity index (χ1v) is 9.40. The van der Waals surface area contributed by atoms with Gasteiger partial charge in [-0.05, 0) is 66.8 Å². The predicted molar refractivity (Wildman–Crippen MR) is 98.0 cm³/mol. The number of rotatable bonds is 6. The summed E-state index contributed by atoms with van der Waals surface area (Å²) in [5, 5.41) is 0. The molecule has 1 aliphatic carbocycles. The van der Waals surface area contributed by atoms with Gasteiger partial charge in [0.1, 0.15) is 5.82 Å². The Bertz CT molecular complexity index is 736. The average Bonchev–Trinajstić information content (AvgIpc) is 2.64. The molecule has 0 aliphatic heterocycles. The minimum atomic E-state index is -1.10. The van der Waals surface area contributed by atoms with Gasteiger partial charge in [-0.15, -0.1) is 0 Å².